The van der Waals surface area contributed by atoms with Gasteiger partial charge in [0.25, 0.3) is 0 Å². The zero-order valence-corrected chi connectivity index (χ0v) is 16.6. The van der Waals surface area contributed by atoms with Crippen molar-refractivity contribution in [3.05, 3.63) is 53.5 Å². The zero-order valence-electron chi connectivity index (χ0n) is 15.8. The van der Waals surface area contributed by atoms with Crippen LogP contribution in [0.5, 0.6) is 0 Å². The van der Waals surface area contributed by atoms with Gasteiger partial charge in [0.05, 0.1) is 5.69 Å². The molecule has 0 amide bonds. The van der Waals surface area contributed by atoms with Gasteiger partial charge in [0.15, 0.2) is 5.65 Å². The van der Waals surface area contributed by atoms with Crippen molar-refractivity contribution in [1.82, 2.24) is 24.9 Å². The summed E-state index contributed by atoms with van der Waals surface area (Å²) in [6.45, 7) is 8.80. The number of pyridine rings is 1. The molecular formula is C21H24ClN5. The van der Waals surface area contributed by atoms with Crippen LogP contribution in [0.4, 0.5) is 0 Å². The third-order valence-electron chi connectivity index (χ3n) is 5.54. The maximum atomic E-state index is 4.34. The highest BCUT2D eigenvalue weighted by Gasteiger charge is 2.22. The molecule has 0 atom stereocenters. The number of aryl methyl sites for hydroxylation is 1. The first-order chi connectivity index (χ1) is 12.6. The van der Waals surface area contributed by atoms with E-state index in [4.69, 9.17) is 0 Å². The second-order valence-electron chi connectivity index (χ2n) is 7.67. The molecule has 4 heterocycles. The van der Waals surface area contributed by atoms with E-state index in [0.717, 1.165) is 29.9 Å². The minimum atomic E-state index is 0. The van der Waals surface area contributed by atoms with E-state index in [1.165, 1.54) is 27.7 Å². The van der Waals surface area contributed by atoms with Crippen LogP contribution in [0.2, 0.25) is 0 Å². The Kier molecular flexibility index (Phi) is 4.44. The van der Waals surface area contributed by atoms with Gasteiger partial charge < -0.3 is 10.3 Å². The van der Waals surface area contributed by atoms with E-state index in [0.29, 0.717) is 11.8 Å². The van der Waals surface area contributed by atoms with E-state index in [2.05, 4.69) is 71.6 Å². The molecule has 4 aromatic rings. The number of hydrogen-bond acceptors (Lipinski definition) is 3. The number of nitrogens with zero attached hydrogens (tertiary/aromatic N) is 3. The highest BCUT2D eigenvalue weighted by Crippen LogP contribution is 2.37. The van der Waals surface area contributed by atoms with Gasteiger partial charge in [0, 0.05) is 41.7 Å². The second kappa shape index (κ2) is 6.66. The number of aromatic nitrogens is 4. The van der Waals surface area contributed by atoms with Gasteiger partial charge in [-0.15, -0.1) is 12.4 Å². The third kappa shape index (κ3) is 2.82. The summed E-state index contributed by atoms with van der Waals surface area (Å²) in [7, 11) is 0. The lowest BCUT2D eigenvalue weighted by atomic mass is 9.90. The number of hydrogen-bond donors (Lipinski definition) is 2. The van der Waals surface area contributed by atoms with E-state index < -0.39 is 0 Å². The lowest BCUT2D eigenvalue weighted by Gasteiger charge is -2.27. The second-order valence-corrected chi connectivity index (χ2v) is 7.67. The molecule has 5 nitrogen and oxygen atoms in total. The summed E-state index contributed by atoms with van der Waals surface area (Å²) < 4.78 is 1.87. The van der Waals surface area contributed by atoms with E-state index >= 15 is 0 Å². The predicted octanol–water partition coefficient (Wildman–Crippen LogP) is 4.42. The first kappa shape index (κ1) is 18.0. The third-order valence-corrected chi connectivity index (χ3v) is 5.54. The normalized spacial score (nSPS) is 14.7. The van der Waals surface area contributed by atoms with Crippen LogP contribution in [0, 0.1) is 6.92 Å². The molecule has 1 aliphatic heterocycles. The van der Waals surface area contributed by atoms with Crippen LogP contribution in [0.15, 0.2) is 36.8 Å². The van der Waals surface area contributed by atoms with Crippen LogP contribution in [-0.4, -0.2) is 32.7 Å². The maximum Gasteiger partial charge on any atom is 0.158 e. The summed E-state index contributed by atoms with van der Waals surface area (Å²) in [6.07, 6.45) is 3.68. The smallest absolute Gasteiger partial charge is 0.158 e. The standard InChI is InChI=1S/C21H23N5.ClH/c1-12(2)19-17-7-14(16-8-22-9-16)4-5-18(17)25-20(19)15-6-13(3)21-23-11-24-26(21)10-15;/h4-7,10-12,16,22,25H,8-9H2,1-3H3;1H. The molecule has 1 aliphatic rings. The fourth-order valence-corrected chi connectivity index (χ4v) is 4.07. The SMILES string of the molecule is Cc1cc(-c2[nH]c3ccc(C4CNC4)cc3c2C(C)C)cn2ncnc12.Cl. The molecule has 0 saturated carbocycles. The minimum absolute atomic E-state index is 0. The summed E-state index contributed by atoms with van der Waals surface area (Å²) in [5, 5.41) is 9.05. The van der Waals surface area contributed by atoms with Gasteiger partial charge in [-0.05, 0) is 47.7 Å². The number of nitrogens with one attached hydrogen (secondary N) is 2. The number of aromatic amines is 1. The Bertz CT molecular complexity index is 1120. The van der Waals surface area contributed by atoms with Crippen molar-refractivity contribution in [1.29, 1.82) is 0 Å². The highest BCUT2D eigenvalue weighted by molar-refractivity contribution is 5.92. The van der Waals surface area contributed by atoms with E-state index in [1.54, 1.807) is 6.33 Å². The molecule has 2 N–H and O–H groups in total. The Balaban J connectivity index is 0.00000180. The molecule has 6 heteroatoms. The highest BCUT2D eigenvalue weighted by atomic mass is 35.5. The maximum absolute atomic E-state index is 4.34. The van der Waals surface area contributed by atoms with Crippen molar-refractivity contribution in [2.24, 2.45) is 0 Å². The van der Waals surface area contributed by atoms with Crippen molar-refractivity contribution >= 4 is 29.0 Å². The monoisotopic (exact) mass is 381 g/mol. The van der Waals surface area contributed by atoms with Gasteiger partial charge >= 0.3 is 0 Å². The number of benzene rings is 1. The molecule has 5 rings (SSSR count). The fraction of sp³-hybridized carbons (Fsp3) is 0.333. The summed E-state index contributed by atoms with van der Waals surface area (Å²) in [5.41, 5.74) is 8.42. The Labute approximate surface area is 164 Å². The van der Waals surface area contributed by atoms with E-state index in [9.17, 15) is 0 Å². The van der Waals surface area contributed by atoms with Crippen LogP contribution in [0.3, 0.4) is 0 Å². The first-order valence-corrected chi connectivity index (χ1v) is 9.28. The number of rotatable bonds is 3. The van der Waals surface area contributed by atoms with Gasteiger partial charge in [-0.3, -0.25) is 0 Å². The summed E-state index contributed by atoms with van der Waals surface area (Å²) in [4.78, 5) is 8.01. The molecule has 3 aromatic heterocycles. The molecular weight excluding hydrogens is 358 g/mol. The number of halogens is 1. The molecule has 1 aromatic carbocycles. The molecule has 27 heavy (non-hydrogen) atoms. The van der Waals surface area contributed by atoms with Crippen molar-refractivity contribution in [2.45, 2.75) is 32.6 Å². The largest absolute Gasteiger partial charge is 0.354 e. The van der Waals surface area contributed by atoms with Gasteiger partial charge in [0.1, 0.15) is 6.33 Å². The van der Waals surface area contributed by atoms with E-state index in [-0.39, 0.29) is 12.4 Å². The van der Waals surface area contributed by atoms with E-state index in [1.807, 2.05) is 4.52 Å². The molecule has 0 bridgehead atoms. The molecule has 0 spiro atoms. The van der Waals surface area contributed by atoms with Crippen LogP contribution < -0.4 is 5.32 Å². The average molecular weight is 382 g/mol. The molecule has 1 fully saturated rings. The lowest BCUT2D eigenvalue weighted by Crippen LogP contribution is -2.39. The molecule has 0 aliphatic carbocycles. The number of fused-ring (bicyclic) bond motifs is 2. The molecule has 0 unspecified atom stereocenters. The van der Waals surface area contributed by atoms with Gasteiger partial charge in [-0.2, -0.15) is 5.10 Å². The van der Waals surface area contributed by atoms with Crippen molar-refractivity contribution in [2.75, 3.05) is 13.1 Å². The Morgan fingerprint density at radius 1 is 1.19 bits per heavy atom. The topological polar surface area (TPSA) is 58.0 Å². The van der Waals surface area contributed by atoms with Crippen LogP contribution in [0.25, 0.3) is 27.8 Å². The van der Waals surface area contributed by atoms with Crippen molar-refractivity contribution in [3.8, 4) is 11.3 Å². The summed E-state index contributed by atoms with van der Waals surface area (Å²) in [5.74, 6) is 1.08. The average Bonchev–Trinajstić information content (AvgIpc) is 3.16. The van der Waals surface area contributed by atoms with Gasteiger partial charge in [0.2, 0.25) is 0 Å². The van der Waals surface area contributed by atoms with Crippen molar-refractivity contribution < 1.29 is 0 Å². The quantitative estimate of drug-likeness (QED) is 0.552. The minimum Gasteiger partial charge on any atom is -0.354 e. The Morgan fingerprint density at radius 2 is 2.00 bits per heavy atom. The summed E-state index contributed by atoms with van der Waals surface area (Å²) >= 11 is 0. The molecule has 140 valence electrons. The van der Waals surface area contributed by atoms with Gasteiger partial charge in [-0.25, -0.2) is 9.50 Å². The summed E-state index contributed by atoms with van der Waals surface area (Å²) in [6, 6.07) is 9.09. The lowest BCUT2D eigenvalue weighted by molar-refractivity contribution is 0.449. The fourth-order valence-electron chi connectivity index (χ4n) is 4.07. The van der Waals surface area contributed by atoms with Crippen LogP contribution >= 0.6 is 12.4 Å². The van der Waals surface area contributed by atoms with Gasteiger partial charge in [-0.1, -0.05) is 19.9 Å². The molecule has 1 saturated heterocycles. The Morgan fingerprint density at radius 3 is 2.70 bits per heavy atom. The zero-order chi connectivity index (χ0) is 17.8. The van der Waals surface area contributed by atoms with Crippen LogP contribution in [-0.2, 0) is 0 Å². The van der Waals surface area contributed by atoms with Crippen molar-refractivity contribution in [3.63, 3.8) is 0 Å². The predicted molar refractivity (Wildman–Crippen MR) is 112 cm³/mol. The Hall–Kier alpha value is -2.37. The molecule has 0 radical (unpaired) electrons. The first-order valence-electron chi connectivity index (χ1n) is 9.28. The van der Waals surface area contributed by atoms with Crippen LogP contribution in [0.1, 0.15) is 42.4 Å². The number of H-pyrrole nitrogens is 1.